The second kappa shape index (κ2) is 17.6. The number of thiazole rings is 1. The van der Waals surface area contributed by atoms with Gasteiger partial charge >= 0.3 is 0 Å². The van der Waals surface area contributed by atoms with Gasteiger partial charge in [-0.05, 0) is 73.6 Å². The van der Waals surface area contributed by atoms with Crippen molar-refractivity contribution in [1.82, 2.24) is 20.5 Å². The summed E-state index contributed by atoms with van der Waals surface area (Å²) in [6.45, 7) is 7.80. The minimum absolute atomic E-state index is 0.0120. The molecule has 0 spiro atoms. The van der Waals surface area contributed by atoms with Crippen LogP contribution in [-0.4, -0.2) is 76.0 Å². The number of aliphatic hydroxyl groups is 1. The van der Waals surface area contributed by atoms with E-state index in [2.05, 4.69) is 15.6 Å². The number of unbranched alkanes of at least 4 members (excludes halogenated alkanes) is 1. The lowest BCUT2D eigenvalue weighted by Crippen LogP contribution is -2.58. The normalized spacial score (nSPS) is 18.8. The summed E-state index contributed by atoms with van der Waals surface area (Å²) in [4.78, 5) is 59.1. The largest absolute Gasteiger partial charge is 0.490 e. The molecule has 14 heteroatoms. The Bertz CT molecular complexity index is 1810. The maximum atomic E-state index is 14.1. The van der Waals surface area contributed by atoms with E-state index >= 15 is 0 Å². The van der Waals surface area contributed by atoms with Gasteiger partial charge in [-0.1, -0.05) is 68.8 Å². The Balaban J connectivity index is 1.14. The number of carbonyl (C=O) groups is 4. The van der Waals surface area contributed by atoms with E-state index in [1.165, 1.54) is 4.90 Å². The molecule has 2 aromatic carbocycles. The number of benzene rings is 2. The Morgan fingerprint density at radius 1 is 1.11 bits per heavy atom. The average Bonchev–Trinajstić information content (AvgIpc) is 3.59. The van der Waals surface area contributed by atoms with Crippen molar-refractivity contribution in [3.05, 3.63) is 69.8 Å². The van der Waals surface area contributed by atoms with Gasteiger partial charge in [0.1, 0.15) is 24.4 Å². The fraction of sp³-hybridized carbons (Fsp3) is 0.525. The number of nitrogens with one attached hydrogen (secondary N) is 2. The van der Waals surface area contributed by atoms with E-state index in [-0.39, 0.29) is 56.2 Å². The fourth-order valence-electron chi connectivity index (χ4n) is 6.87. The van der Waals surface area contributed by atoms with Crippen molar-refractivity contribution < 1.29 is 29.0 Å². The van der Waals surface area contributed by atoms with Gasteiger partial charge in [-0.3, -0.25) is 19.2 Å². The topological polar surface area (TPSA) is 190 Å². The second-order valence-corrected chi connectivity index (χ2v) is 16.9. The first-order valence-electron chi connectivity index (χ1n) is 18.6. The third-order valence-electron chi connectivity index (χ3n) is 10.2. The van der Waals surface area contributed by atoms with Gasteiger partial charge in [-0.25, -0.2) is 4.98 Å². The van der Waals surface area contributed by atoms with Crippen LogP contribution in [0.4, 0.5) is 0 Å². The van der Waals surface area contributed by atoms with Crippen molar-refractivity contribution in [1.29, 1.82) is 0 Å². The molecule has 0 bridgehead atoms. The van der Waals surface area contributed by atoms with Crippen LogP contribution in [-0.2, 0) is 31.1 Å². The lowest BCUT2D eigenvalue weighted by atomic mass is 9.85. The highest BCUT2D eigenvalue weighted by atomic mass is 35.5. The molecule has 1 unspecified atom stereocenters. The molecular weight excluding hydrogens is 728 g/mol. The Hall–Kier alpha value is -4.04. The van der Waals surface area contributed by atoms with Crippen LogP contribution in [0.15, 0.2) is 48.0 Å². The molecule has 0 radical (unpaired) electrons. The van der Waals surface area contributed by atoms with E-state index in [4.69, 9.17) is 27.8 Å². The Kier molecular flexibility index (Phi) is 13.4. The number of halogens is 1. The van der Waals surface area contributed by atoms with Crippen molar-refractivity contribution in [3.63, 3.8) is 0 Å². The van der Waals surface area contributed by atoms with Crippen LogP contribution in [0.1, 0.15) is 89.0 Å². The molecule has 2 aliphatic rings. The zero-order valence-corrected chi connectivity index (χ0v) is 33.1. The number of aryl methyl sites for hydroxylation is 2. The van der Waals surface area contributed by atoms with Crippen LogP contribution in [0.5, 0.6) is 5.75 Å². The zero-order valence-electron chi connectivity index (χ0n) is 31.5. The van der Waals surface area contributed by atoms with Crippen molar-refractivity contribution in [3.8, 4) is 16.2 Å². The average molecular weight is 781 g/mol. The van der Waals surface area contributed by atoms with Gasteiger partial charge in [0.15, 0.2) is 0 Å². The maximum absolute atomic E-state index is 14.1. The molecule has 1 saturated carbocycles. The number of hydrogen-bond donors (Lipinski definition) is 5. The van der Waals surface area contributed by atoms with Gasteiger partial charge in [0.05, 0.1) is 32.7 Å². The number of hydrogen-bond acceptors (Lipinski definition) is 9. The molecular formula is C40H53ClN6O6S. The van der Waals surface area contributed by atoms with Crippen LogP contribution in [0.25, 0.3) is 10.4 Å². The van der Waals surface area contributed by atoms with Gasteiger partial charge in [0, 0.05) is 31.8 Å². The summed E-state index contributed by atoms with van der Waals surface area (Å²) in [5.41, 5.74) is 15.8. The number of ether oxygens (including phenoxy) is 1. The van der Waals surface area contributed by atoms with E-state index in [9.17, 15) is 24.3 Å². The number of nitrogens with zero attached hydrogens (tertiary/aromatic N) is 2. The molecule has 1 aliphatic heterocycles. The highest BCUT2D eigenvalue weighted by molar-refractivity contribution is 7.13. The summed E-state index contributed by atoms with van der Waals surface area (Å²) in [6, 6.07) is 11.5. The number of aliphatic hydroxyl groups excluding tert-OH is 1. The maximum Gasteiger partial charge on any atom is 0.246 e. The third kappa shape index (κ3) is 10.4. The van der Waals surface area contributed by atoms with Gasteiger partial charge in [-0.15, -0.1) is 11.3 Å². The van der Waals surface area contributed by atoms with Crippen LogP contribution < -0.4 is 26.8 Å². The molecule has 2 heterocycles. The molecule has 292 valence electrons. The fourth-order valence-corrected chi connectivity index (χ4v) is 7.96. The third-order valence-corrected chi connectivity index (χ3v) is 11.6. The van der Waals surface area contributed by atoms with E-state index in [1.807, 2.05) is 69.6 Å². The van der Waals surface area contributed by atoms with Crippen molar-refractivity contribution in [2.24, 2.45) is 16.9 Å². The number of primary amides is 1. The molecule has 3 aromatic rings. The molecule has 1 aliphatic carbocycles. The van der Waals surface area contributed by atoms with Crippen LogP contribution in [0, 0.1) is 12.3 Å². The number of amides is 4. The standard InChI is InChI=1S/C40H53ClN6O6S/c1-24-35(54-23-44-24)26-12-14-27(15-13-26)40(18-19-40)46-37(51)30-20-29(48)21-47(30)38(52)36(39(2,3)4)45-33(50)11-6-5-8-25-9-7-10-31(34(25)41)53-22-28(42)16-17-32(43)49/h7,9-10,12-15,23,28-30,36,48H,5-6,8,11,16-22,42H2,1-4H3,(H2,43,49)(H,45,50)(H,46,51)/t28-,29+,30-,36?/m0/s1. The highest BCUT2D eigenvalue weighted by Gasteiger charge is 2.50. The first kappa shape index (κ1) is 41.1. The Labute approximate surface area is 326 Å². The predicted molar refractivity (Wildman–Crippen MR) is 210 cm³/mol. The molecule has 12 nitrogen and oxygen atoms in total. The number of aromatic nitrogens is 1. The van der Waals surface area contributed by atoms with Crippen molar-refractivity contribution in [2.75, 3.05) is 13.2 Å². The Morgan fingerprint density at radius 3 is 2.46 bits per heavy atom. The SMILES string of the molecule is Cc1ncsc1-c1ccc(C2(NC(=O)[C@@H]3C[C@@H](O)CN3C(=O)C(NC(=O)CCCCc3cccc(OC[C@@H](N)CCC(N)=O)c3Cl)C(C)(C)C)CC2)cc1. The molecule has 1 saturated heterocycles. The minimum Gasteiger partial charge on any atom is -0.490 e. The number of nitrogens with two attached hydrogens (primary N) is 2. The number of likely N-dealkylation sites (tertiary alicyclic amines) is 1. The minimum atomic E-state index is -0.902. The summed E-state index contributed by atoms with van der Waals surface area (Å²) in [7, 11) is 0. The van der Waals surface area contributed by atoms with E-state index < -0.39 is 35.0 Å². The predicted octanol–water partition coefficient (Wildman–Crippen LogP) is 4.75. The lowest BCUT2D eigenvalue weighted by Gasteiger charge is -2.35. The monoisotopic (exact) mass is 780 g/mol. The molecule has 4 amide bonds. The summed E-state index contributed by atoms with van der Waals surface area (Å²) in [6.07, 6.45) is 3.45. The smallest absolute Gasteiger partial charge is 0.246 e. The second-order valence-electron chi connectivity index (χ2n) is 15.7. The first-order chi connectivity index (χ1) is 25.6. The molecule has 54 heavy (non-hydrogen) atoms. The van der Waals surface area contributed by atoms with Gasteiger partial charge < -0.3 is 36.8 Å². The number of carbonyl (C=O) groups excluding carboxylic acids is 4. The summed E-state index contributed by atoms with van der Waals surface area (Å²) < 4.78 is 5.80. The van der Waals surface area contributed by atoms with E-state index in [0.29, 0.717) is 36.5 Å². The summed E-state index contributed by atoms with van der Waals surface area (Å²) >= 11 is 8.20. The van der Waals surface area contributed by atoms with E-state index in [1.54, 1.807) is 17.4 Å². The van der Waals surface area contributed by atoms with Crippen LogP contribution >= 0.6 is 22.9 Å². The van der Waals surface area contributed by atoms with Crippen molar-refractivity contribution in [2.45, 2.75) is 115 Å². The van der Waals surface area contributed by atoms with Crippen LogP contribution in [0.2, 0.25) is 5.02 Å². The molecule has 4 atom stereocenters. The van der Waals surface area contributed by atoms with Gasteiger partial charge in [-0.2, -0.15) is 0 Å². The Morgan fingerprint density at radius 2 is 1.83 bits per heavy atom. The quantitative estimate of drug-likeness (QED) is 0.121. The highest BCUT2D eigenvalue weighted by Crippen LogP contribution is 2.46. The molecule has 1 aromatic heterocycles. The van der Waals surface area contributed by atoms with E-state index in [0.717, 1.165) is 40.1 Å². The lowest BCUT2D eigenvalue weighted by molar-refractivity contribution is -0.144. The summed E-state index contributed by atoms with van der Waals surface area (Å²) in [5, 5.41) is 17.3. The van der Waals surface area contributed by atoms with Crippen molar-refractivity contribution >= 4 is 46.6 Å². The number of rotatable bonds is 17. The molecule has 2 fully saturated rings. The van der Waals surface area contributed by atoms with Gasteiger partial charge in [0.2, 0.25) is 23.6 Å². The summed E-state index contributed by atoms with van der Waals surface area (Å²) in [5.74, 6) is -0.887. The zero-order chi connectivity index (χ0) is 39.2. The van der Waals surface area contributed by atoms with Gasteiger partial charge in [0.25, 0.3) is 0 Å². The number of β-amino-alcohol motifs (C(OH)–C–C–N with tert-alkyl or cyclic N) is 1. The molecule has 7 N–H and O–H groups in total. The first-order valence-corrected chi connectivity index (χ1v) is 19.9. The molecule has 5 rings (SSSR count). The van der Waals surface area contributed by atoms with Crippen LogP contribution in [0.3, 0.4) is 0 Å².